The second kappa shape index (κ2) is 5.08. The summed E-state index contributed by atoms with van der Waals surface area (Å²) in [6, 6.07) is 6.43. The van der Waals surface area contributed by atoms with Gasteiger partial charge in [-0.2, -0.15) is 0 Å². The molecule has 1 fully saturated rings. The molecule has 1 aliphatic rings. The standard InChI is InChI=1S/C13H16BrNO2/c1-9-6-7-15(8-12(9)14)13(17)10-2-4-11(16)5-3-10/h2-5,9,12,16H,6-8H2,1H3. The second-order valence-corrected chi connectivity index (χ2v) is 5.76. The number of amides is 1. The van der Waals surface area contributed by atoms with E-state index in [4.69, 9.17) is 0 Å². The summed E-state index contributed by atoms with van der Waals surface area (Å²) in [5.74, 6) is 0.840. The van der Waals surface area contributed by atoms with Gasteiger partial charge < -0.3 is 10.0 Å². The van der Waals surface area contributed by atoms with Crippen molar-refractivity contribution < 1.29 is 9.90 Å². The van der Waals surface area contributed by atoms with Gasteiger partial charge in [0.25, 0.3) is 5.91 Å². The van der Waals surface area contributed by atoms with Crippen molar-refractivity contribution in [3.8, 4) is 5.75 Å². The van der Waals surface area contributed by atoms with Crippen molar-refractivity contribution in [3.05, 3.63) is 29.8 Å². The average molecular weight is 298 g/mol. The number of piperidine rings is 1. The van der Waals surface area contributed by atoms with Crippen molar-refractivity contribution in [2.24, 2.45) is 5.92 Å². The number of hydrogen-bond donors (Lipinski definition) is 1. The topological polar surface area (TPSA) is 40.5 Å². The third-order valence-electron chi connectivity index (χ3n) is 3.27. The highest BCUT2D eigenvalue weighted by Gasteiger charge is 2.27. The Bertz CT molecular complexity index is 404. The highest BCUT2D eigenvalue weighted by Crippen LogP contribution is 2.24. The number of carbonyl (C=O) groups excluding carboxylic acids is 1. The molecule has 1 saturated heterocycles. The van der Waals surface area contributed by atoms with E-state index in [0.717, 1.165) is 19.5 Å². The van der Waals surface area contributed by atoms with Crippen molar-refractivity contribution in [2.75, 3.05) is 13.1 Å². The third-order valence-corrected chi connectivity index (χ3v) is 4.46. The number of likely N-dealkylation sites (tertiary alicyclic amines) is 1. The average Bonchev–Trinajstić information content (AvgIpc) is 2.33. The predicted molar refractivity (Wildman–Crippen MR) is 70.5 cm³/mol. The molecule has 0 aromatic heterocycles. The monoisotopic (exact) mass is 297 g/mol. The summed E-state index contributed by atoms with van der Waals surface area (Å²) in [7, 11) is 0. The quantitative estimate of drug-likeness (QED) is 0.810. The number of alkyl halides is 1. The van der Waals surface area contributed by atoms with E-state index in [0.29, 0.717) is 16.3 Å². The molecule has 1 aromatic carbocycles. The number of carbonyl (C=O) groups is 1. The van der Waals surface area contributed by atoms with Crippen LogP contribution in [0.4, 0.5) is 0 Å². The molecule has 1 aliphatic heterocycles. The Hall–Kier alpha value is -1.03. The van der Waals surface area contributed by atoms with Crippen LogP contribution < -0.4 is 0 Å². The maximum absolute atomic E-state index is 12.2. The molecule has 2 rings (SSSR count). The van der Waals surface area contributed by atoms with Crippen molar-refractivity contribution in [2.45, 2.75) is 18.2 Å². The maximum Gasteiger partial charge on any atom is 0.253 e. The number of phenolic OH excluding ortho intramolecular Hbond substituents is 1. The Labute approximate surface area is 110 Å². The fourth-order valence-electron chi connectivity index (χ4n) is 1.99. The molecule has 0 bridgehead atoms. The number of hydrogen-bond acceptors (Lipinski definition) is 2. The van der Waals surface area contributed by atoms with Crippen LogP contribution in [0.15, 0.2) is 24.3 Å². The summed E-state index contributed by atoms with van der Waals surface area (Å²) in [4.78, 5) is 14.4. The Morgan fingerprint density at radius 3 is 2.65 bits per heavy atom. The number of rotatable bonds is 1. The fourth-order valence-corrected chi connectivity index (χ4v) is 2.61. The molecule has 0 saturated carbocycles. The van der Waals surface area contributed by atoms with Crippen LogP contribution in [0.5, 0.6) is 5.75 Å². The number of aromatic hydroxyl groups is 1. The van der Waals surface area contributed by atoms with Gasteiger partial charge in [0.05, 0.1) is 0 Å². The van der Waals surface area contributed by atoms with Gasteiger partial charge in [0.1, 0.15) is 5.75 Å². The molecule has 0 aliphatic carbocycles. The summed E-state index contributed by atoms with van der Waals surface area (Å²) in [5, 5.41) is 9.19. The van der Waals surface area contributed by atoms with Gasteiger partial charge in [-0.15, -0.1) is 0 Å². The molecule has 1 aromatic rings. The minimum absolute atomic E-state index is 0.0429. The van der Waals surface area contributed by atoms with Crippen LogP contribution in [-0.2, 0) is 0 Å². The minimum Gasteiger partial charge on any atom is -0.508 e. The molecule has 2 unspecified atom stereocenters. The SMILES string of the molecule is CC1CCN(C(=O)c2ccc(O)cc2)CC1Br. The summed E-state index contributed by atoms with van der Waals surface area (Å²) in [6.45, 7) is 3.76. The summed E-state index contributed by atoms with van der Waals surface area (Å²) >= 11 is 3.61. The van der Waals surface area contributed by atoms with Crippen LogP contribution in [0.3, 0.4) is 0 Å². The zero-order valence-electron chi connectivity index (χ0n) is 9.77. The van der Waals surface area contributed by atoms with E-state index in [1.807, 2.05) is 4.90 Å². The molecule has 0 radical (unpaired) electrons. The van der Waals surface area contributed by atoms with Crippen molar-refractivity contribution in [1.29, 1.82) is 0 Å². The lowest BCUT2D eigenvalue weighted by molar-refractivity contribution is 0.0706. The van der Waals surface area contributed by atoms with Gasteiger partial charge in [-0.25, -0.2) is 0 Å². The van der Waals surface area contributed by atoms with E-state index in [-0.39, 0.29) is 11.7 Å². The molecule has 0 spiro atoms. The minimum atomic E-state index is 0.0429. The van der Waals surface area contributed by atoms with E-state index in [9.17, 15) is 9.90 Å². The Kier molecular flexibility index (Phi) is 3.72. The van der Waals surface area contributed by atoms with Crippen molar-refractivity contribution in [3.63, 3.8) is 0 Å². The Morgan fingerprint density at radius 2 is 2.06 bits per heavy atom. The third kappa shape index (κ3) is 2.80. The number of benzene rings is 1. The lowest BCUT2D eigenvalue weighted by Crippen LogP contribution is -2.43. The lowest BCUT2D eigenvalue weighted by Gasteiger charge is -2.34. The first-order chi connectivity index (χ1) is 8.08. The highest BCUT2D eigenvalue weighted by atomic mass is 79.9. The van der Waals surface area contributed by atoms with Crippen LogP contribution in [0.25, 0.3) is 0 Å². The molecule has 92 valence electrons. The summed E-state index contributed by atoms with van der Waals surface area (Å²) in [6.07, 6.45) is 1.03. The van der Waals surface area contributed by atoms with Gasteiger partial charge in [0.15, 0.2) is 0 Å². The molecule has 1 heterocycles. The van der Waals surface area contributed by atoms with Crippen LogP contribution in [0.2, 0.25) is 0 Å². The van der Waals surface area contributed by atoms with Crippen LogP contribution in [-0.4, -0.2) is 33.8 Å². The fraction of sp³-hybridized carbons (Fsp3) is 0.462. The van der Waals surface area contributed by atoms with Gasteiger partial charge in [0.2, 0.25) is 0 Å². The first-order valence-corrected chi connectivity index (χ1v) is 6.72. The van der Waals surface area contributed by atoms with E-state index in [2.05, 4.69) is 22.9 Å². The van der Waals surface area contributed by atoms with Gasteiger partial charge in [-0.3, -0.25) is 4.79 Å². The molecule has 1 amide bonds. The lowest BCUT2D eigenvalue weighted by atomic mass is 9.98. The number of halogens is 1. The molecular weight excluding hydrogens is 282 g/mol. The molecular formula is C13H16BrNO2. The first-order valence-electron chi connectivity index (χ1n) is 5.80. The number of phenols is 1. The second-order valence-electron chi connectivity index (χ2n) is 4.58. The largest absolute Gasteiger partial charge is 0.508 e. The van der Waals surface area contributed by atoms with Crippen LogP contribution in [0, 0.1) is 5.92 Å². The molecule has 3 nitrogen and oxygen atoms in total. The van der Waals surface area contributed by atoms with E-state index >= 15 is 0 Å². The summed E-state index contributed by atoms with van der Waals surface area (Å²) in [5.41, 5.74) is 0.636. The zero-order chi connectivity index (χ0) is 12.4. The van der Waals surface area contributed by atoms with Gasteiger partial charge in [-0.1, -0.05) is 22.9 Å². The normalized spacial score (nSPS) is 24.7. The van der Waals surface area contributed by atoms with Crippen molar-refractivity contribution >= 4 is 21.8 Å². The van der Waals surface area contributed by atoms with Gasteiger partial charge >= 0.3 is 0 Å². The van der Waals surface area contributed by atoms with E-state index < -0.39 is 0 Å². The Balaban J connectivity index is 2.08. The number of nitrogens with zero attached hydrogens (tertiary/aromatic N) is 1. The molecule has 1 N–H and O–H groups in total. The Morgan fingerprint density at radius 1 is 1.41 bits per heavy atom. The van der Waals surface area contributed by atoms with Crippen LogP contribution >= 0.6 is 15.9 Å². The predicted octanol–water partition coefficient (Wildman–Crippen LogP) is 2.64. The molecule has 2 atom stereocenters. The summed E-state index contributed by atoms with van der Waals surface area (Å²) < 4.78 is 0. The van der Waals surface area contributed by atoms with Crippen LogP contribution in [0.1, 0.15) is 23.7 Å². The van der Waals surface area contributed by atoms with E-state index in [1.54, 1.807) is 24.3 Å². The smallest absolute Gasteiger partial charge is 0.253 e. The zero-order valence-corrected chi connectivity index (χ0v) is 11.4. The molecule has 17 heavy (non-hydrogen) atoms. The first kappa shape index (κ1) is 12.4. The maximum atomic E-state index is 12.2. The van der Waals surface area contributed by atoms with Crippen molar-refractivity contribution in [1.82, 2.24) is 4.90 Å². The van der Waals surface area contributed by atoms with Gasteiger partial charge in [-0.05, 0) is 36.6 Å². The van der Waals surface area contributed by atoms with E-state index in [1.165, 1.54) is 0 Å². The van der Waals surface area contributed by atoms with Gasteiger partial charge in [0, 0.05) is 23.5 Å². The highest BCUT2D eigenvalue weighted by molar-refractivity contribution is 9.09. The molecule has 4 heteroatoms.